The second kappa shape index (κ2) is 4.10. The van der Waals surface area contributed by atoms with Crippen molar-refractivity contribution in [3.05, 3.63) is 30.1 Å². The van der Waals surface area contributed by atoms with Gasteiger partial charge in [-0.25, -0.2) is 4.39 Å². The molecule has 0 saturated heterocycles. The molecule has 1 aliphatic heterocycles. The Morgan fingerprint density at radius 3 is 2.35 bits per heavy atom. The van der Waals surface area contributed by atoms with Crippen molar-refractivity contribution in [3.8, 4) is 0 Å². The van der Waals surface area contributed by atoms with Crippen molar-refractivity contribution in [2.24, 2.45) is 0 Å². The fourth-order valence-corrected chi connectivity index (χ4v) is 3.33. The summed E-state index contributed by atoms with van der Waals surface area (Å²) in [6, 6.07) is 4.89. The summed E-state index contributed by atoms with van der Waals surface area (Å²) < 4.78 is 40.5. The number of hydrogen-bond donors (Lipinski definition) is 0. The molecule has 1 aromatic carbocycles. The number of benzene rings is 1. The van der Waals surface area contributed by atoms with Gasteiger partial charge in [0.25, 0.3) is 5.84 Å². The van der Waals surface area contributed by atoms with Crippen molar-refractivity contribution in [1.29, 1.82) is 0 Å². The van der Waals surface area contributed by atoms with Gasteiger partial charge in [0.2, 0.25) is 0 Å². The van der Waals surface area contributed by atoms with Gasteiger partial charge in [0.05, 0.1) is 7.05 Å². The average Bonchev–Trinajstić information content (AvgIpc) is 2.61. The molecule has 0 atom stereocenters. The lowest BCUT2D eigenvalue weighted by Gasteiger charge is -2.10. The zero-order chi connectivity index (χ0) is 12.6. The zero-order valence-corrected chi connectivity index (χ0v) is 10.5. The summed E-state index contributed by atoms with van der Waals surface area (Å²) in [5.41, 5.74) is 0. The molecule has 6 heteroatoms. The molecule has 17 heavy (non-hydrogen) atoms. The minimum absolute atomic E-state index is 0.119. The Labute approximate surface area is 100 Å². The number of halogens is 1. The van der Waals surface area contributed by atoms with Gasteiger partial charge in [-0.15, -0.1) is 4.31 Å². The molecule has 4 nitrogen and oxygen atoms in total. The van der Waals surface area contributed by atoms with E-state index in [9.17, 15) is 12.8 Å². The first-order chi connectivity index (χ1) is 7.93. The maximum atomic E-state index is 12.8. The predicted molar refractivity (Wildman–Crippen MR) is 62.0 cm³/mol. The third-order valence-corrected chi connectivity index (χ3v) is 4.85. The van der Waals surface area contributed by atoms with Crippen LogP contribution in [0.2, 0.25) is 0 Å². The second-order valence-electron chi connectivity index (χ2n) is 4.00. The van der Waals surface area contributed by atoms with Crippen molar-refractivity contribution in [2.75, 3.05) is 20.1 Å². The minimum Gasteiger partial charge on any atom is -0.264 e. The van der Waals surface area contributed by atoms with Crippen LogP contribution in [-0.4, -0.2) is 43.3 Å². The average molecular weight is 257 g/mol. The first kappa shape index (κ1) is 12.0. The molecule has 0 amide bonds. The van der Waals surface area contributed by atoms with Crippen LogP contribution < -0.4 is 0 Å². The van der Waals surface area contributed by atoms with Gasteiger partial charge in [-0.2, -0.15) is 8.42 Å². The van der Waals surface area contributed by atoms with E-state index in [4.69, 9.17) is 0 Å². The van der Waals surface area contributed by atoms with Crippen LogP contribution in [0.1, 0.15) is 6.92 Å². The number of rotatable bonds is 2. The second-order valence-corrected chi connectivity index (χ2v) is 5.86. The van der Waals surface area contributed by atoms with Crippen LogP contribution in [0.15, 0.2) is 29.2 Å². The molecule has 92 valence electrons. The lowest BCUT2D eigenvalue weighted by Crippen LogP contribution is -2.33. The maximum Gasteiger partial charge on any atom is 0.330 e. The standard InChI is InChI=1S/C11H14FN2O2S/c1-9-13(2)7-8-14(9)17(15,16)11-5-3-10(12)4-6-11/h3-6H,7-8H2,1-2H3/q+1. The highest BCUT2D eigenvalue weighted by Gasteiger charge is 2.37. The number of sulfonamides is 1. The van der Waals surface area contributed by atoms with Crippen LogP contribution >= 0.6 is 0 Å². The van der Waals surface area contributed by atoms with E-state index in [0.29, 0.717) is 18.9 Å². The van der Waals surface area contributed by atoms with Gasteiger partial charge in [-0.3, -0.25) is 4.58 Å². The van der Waals surface area contributed by atoms with E-state index in [2.05, 4.69) is 0 Å². The zero-order valence-electron chi connectivity index (χ0n) is 9.72. The van der Waals surface area contributed by atoms with Crippen LogP contribution in [0.4, 0.5) is 4.39 Å². The van der Waals surface area contributed by atoms with E-state index in [1.54, 1.807) is 6.92 Å². The molecular formula is C11H14FN2O2S+. The smallest absolute Gasteiger partial charge is 0.264 e. The van der Waals surface area contributed by atoms with Crippen LogP contribution in [0.5, 0.6) is 0 Å². The van der Waals surface area contributed by atoms with Gasteiger partial charge in [0.15, 0.2) is 0 Å². The van der Waals surface area contributed by atoms with Crippen molar-refractivity contribution in [2.45, 2.75) is 11.8 Å². The Morgan fingerprint density at radius 1 is 1.29 bits per heavy atom. The molecular weight excluding hydrogens is 243 g/mol. The van der Waals surface area contributed by atoms with E-state index in [-0.39, 0.29) is 4.90 Å². The van der Waals surface area contributed by atoms with Gasteiger partial charge in [-0.05, 0) is 24.3 Å². The fraction of sp³-hybridized carbons (Fsp3) is 0.364. The molecule has 0 fully saturated rings. The van der Waals surface area contributed by atoms with Crippen molar-refractivity contribution in [1.82, 2.24) is 4.31 Å². The summed E-state index contributed by atoms with van der Waals surface area (Å²) in [7, 11) is -1.71. The summed E-state index contributed by atoms with van der Waals surface area (Å²) in [6.45, 7) is 2.86. The Morgan fingerprint density at radius 2 is 1.88 bits per heavy atom. The third kappa shape index (κ3) is 2.04. The summed E-state index contributed by atoms with van der Waals surface area (Å²) in [4.78, 5) is 0.119. The van der Waals surface area contributed by atoms with Gasteiger partial charge < -0.3 is 0 Å². The number of likely N-dealkylation sites (N-methyl/N-ethyl adjacent to an activating group) is 1. The maximum absolute atomic E-state index is 12.8. The molecule has 1 aliphatic rings. The van der Waals surface area contributed by atoms with Gasteiger partial charge >= 0.3 is 10.0 Å². The van der Waals surface area contributed by atoms with E-state index in [1.807, 2.05) is 11.6 Å². The Bertz CT molecular complexity index is 564. The van der Waals surface area contributed by atoms with Gasteiger partial charge in [0, 0.05) is 6.92 Å². The van der Waals surface area contributed by atoms with Crippen LogP contribution in [0, 0.1) is 5.82 Å². The van der Waals surface area contributed by atoms with Gasteiger partial charge in [-0.1, -0.05) is 0 Å². The minimum atomic E-state index is -3.55. The molecule has 0 bridgehead atoms. The SMILES string of the molecule is CC1=[N+](C)CCN1S(=O)(=O)c1ccc(F)cc1. The normalized spacial score (nSPS) is 16.8. The summed E-state index contributed by atoms with van der Waals surface area (Å²) in [5, 5.41) is 0. The molecule has 0 unspecified atom stereocenters. The first-order valence-electron chi connectivity index (χ1n) is 5.26. The highest BCUT2D eigenvalue weighted by atomic mass is 32.2. The molecule has 0 radical (unpaired) electrons. The van der Waals surface area contributed by atoms with Crippen molar-refractivity contribution >= 4 is 15.9 Å². The fourth-order valence-electron chi connectivity index (χ4n) is 1.78. The Hall–Kier alpha value is -1.43. The topological polar surface area (TPSA) is 40.4 Å². The van der Waals surface area contributed by atoms with Crippen molar-refractivity contribution < 1.29 is 17.4 Å². The van der Waals surface area contributed by atoms with E-state index in [0.717, 1.165) is 12.1 Å². The summed E-state index contributed by atoms with van der Waals surface area (Å²) in [5.74, 6) is 0.248. The lowest BCUT2D eigenvalue weighted by atomic mass is 10.4. The van der Waals surface area contributed by atoms with E-state index < -0.39 is 15.8 Å². The summed E-state index contributed by atoms with van der Waals surface area (Å²) >= 11 is 0. The largest absolute Gasteiger partial charge is 0.330 e. The van der Waals surface area contributed by atoms with E-state index in [1.165, 1.54) is 16.4 Å². The molecule has 0 saturated carbocycles. The quantitative estimate of drug-likeness (QED) is 0.738. The molecule has 0 aliphatic carbocycles. The molecule has 2 rings (SSSR count). The number of amidine groups is 1. The Kier molecular flexibility index (Phi) is 2.91. The van der Waals surface area contributed by atoms with E-state index >= 15 is 0 Å². The van der Waals surface area contributed by atoms with Crippen molar-refractivity contribution in [3.63, 3.8) is 0 Å². The molecule has 0 N–H and O–H groups in total. The van der Waals surface area contributed by atoms with Crippen LogP contribution in [0.3, 0.4) is 0 Å². The van der Waals surface area contributed by atoms with Gasteiger partial charge in [0.1, 0.15) is 23.8 Å². The lowest BCUT2D eigenvalue weighted by molar-refractivity contribution is -0.486. The molecule has 1 aromatic rings. The molecule has 0 aromatic heterocycles. The predicted octanol–water partition coefficient (Wildman–Crippen LogP) is 0.891. The Balaban J connectivity index is 2.41. The molecule has 0 spiro atoms. The first-order valence-corrected chi connectivity index (χ1v) is 6.70. The monoisotopic (exact) mass is 257 g/mol. The van der Waals surface area contributed by atoms with Crippen LogP contribution in [0.25, 0.3) is 0 Å². The molecule has 1 heterocycles. The number of nitrogens with zero attached hydrogens (tertiary/aromatic N) is 2. The number of hydrogen-bond acceptors (Lipinski definition) is 2. The highest BCUT2D eigenvalue weighted by molar-refractivity contribution is 7.89. The third-order valence-electron chi connectivity index (χ3n) is 2.95. The van der Waals surface area contributed by atoms with Crippen LogP contribution in [-0.2, 0) is 10.0 Å². The summed E-state index contributed by atoms with van der Waals surface area (Å²) in [6.07, 6.45) is 0. The highest BCUT2D eigenvalue weighted by Crippen LogP contribution is 2.18.